The number of allylic oxidation sites excluding steroid dienone is 1. The summed E-state index contributed by atoms with van der Waals surface area (Å²) in [6.07, 6.45) is -20.8. The van der Waals surface area contributed by atoms with E-state index in [9.17, 15) is 93.3 Å². The fraction of sp³-hybridized carbons (Fsp3) is 0.500. The number of aliphatic imine (C=N–C) groups is 1. The molecule has 2 aliphatic rings. The molecule has 0 saturated heterocycles. The van der Waals surface area contributed by atoms with Crippen molar-refractivity contribution in [2.45, 2.75) is 54.6 Å². The van der Waals surface area contributed by atoms with E-state index < -0.39 is 118 Å². The highest BCUT2D eigenvalue weighted by molar-refractivity contribution is 6.07. The van der Waals surface area contributed by atoms with Crippen LogP contribution in [0.4, 0.5) is 89.1 Å². The van der Waals surface area contributed by atoms with Gasteiger partial charge < -0.3 is 5.11 Å². The predicted octanol–water partition coefficient (Wildman–Crippen LogP) is 6.91. The average molecular weight is 652 g/mol. The van der Waals surface area contributed by atoms with Gasteiger partial charge in [-0.1, -0.05) is 5.76 Å². The van der Waals surface area contributed by atoms with E-state index in [4.69, 9.17) is 0 Å². The van der Waals surface area contributed by atoms with Crippen LogP contribution >= 0.6 is 0 Å². The van der Waals surface area contributed by atoms with Crippen molar-refractivity contribution < 1.29 is 93.3 Å². The first-order valence-corrected chi connectivity index (χ1v) is 10.2. The minimum Gasteiger partial charge on any atom is -0.872 e. The van der Waals surface area contributed by atoms with E-state index in [-0.39, 0.29) is 0 Å². The Bertz CT molecular complexity index is 1330. The molecule has 0 atom stereocenters. The lowest BCUT2D eigenvalue weighted by molar-refractivity contribution is -0.456. The van der Waals surface area contributed by atoms with Gasteiger partial charge in [0, 0.05) is 6.42 Å². The van der Waals surface area contributed by atoms with Crippen LogP contribution in [0.3, 0.4) is 0 Å². The number of carbonyl (C=O) groups is 1. The standard InChI is InChI=1S/C20H6F19NO2/c21-13(22)11(14(23,24)19(36,37)20(38,39)18(13,34)35)10(42)7-3-5-6(9(7)41)1-4(15(25,26)27)2-8(5)40-12(16(28,29)30)17(31,32)33/h1-2,11,41H,3H2/p-1. The molecule has 2 aliphatic carbocycles. The molecule has 0 aromatic heterocycles. The molecule has 3 nitrogen and oxygen atoms in total. The van der Waals surface area contributed by atoms with Crippen LogP contribution in [0.25, 0.3) is 5.76 Å². The zero-order valence-corrected chi connectivity index (χ0v) is 18.9. The van der Waals surface area contributed by atoms with Gasteiger partial charge in [0.25, 0.3) is 0 Å². The van der Waals surface area contributed by atoms with Crippen LogP contribution in [0.2, 0.25) is 0 Å². The SMILES string of the molecule is O=C(C1=C([O-])c2cc(C(F)(F)F)cc(N=C(C(F)(F)F)C(F)(F)F)c2C1)C1C(F)(F)C(F)(F)C(F)(F)C(F)(F)C1(F)F. The summed E-state index contributed by atoms with van der Waals surface area (Å²) in [5.41, 5.74) is -14.0. The molecule has 0 N–H and O–H groups in total. The van der Waals surface area contributed by atoms with E-state index in [0.717, 1.165) is 0 Å². The van der Waals surface area contributed by atoms with Crippen LogP contribution in [0.1, 0.15) is 16.7 Å². The van der Waals surface area contributed by atoms with Crippen LogP contribution in [0.5, 0.6) is 0 Å². The average Bonchev–Trinajstić information content (AvgIpc) is 3.10. The number of alkyl halides is 19. The summed E-state index contributed by atoms with van der Waals surface area (Å²) >= 11 is 0. The van der Waals surface area contributed by atoms with Gasteiger partial charge >= 0.3 is 48.1 Å². The lowest BCUT2D eigenvalue weighted by Crippen LogP contribution is -2.78. The van der Waals surface area contributed by atoms with E-state index in [1.165, 1.54) is 0 Å². The third-order valence-electron chi connectivity index (χ3n) is 6.11. The Labute approximate surface area is 217 Å². The monoisotopic (exact) mass is 652 g/mol. The zero-order valence-electron chi connectivity index (χ0n) is 18.9. The molecule has 42 heavy (non-hydrogen) atoms. The van der Waals surface area contributed by atoms with Crippen LogP contribution in [0.15, 0.2) is 22.7 Å². The summed E-state index contributed by atoms with van der Waals surface area (Å²) in [5, 5.41) is 12.5. The normalized spacial score (nSPS) is 23.0. The van der Waals surface area contributed by atoms with Gasteiger partial charge in [-0.15, -0.1) is 0 Å². The summed E-state index contributed by atoms with van der Waals surface area (Å²) in [4.78, 5) is 14.4. The molecule has 0 heterocycles. The number of hydrogen-bond donors (Lipinski definition) is 0. The number of Topliss-reactive ketones (excluding diaryl/α,β-unsaturated/α-hetero) is 1. The van der Waals surface area contributed by atoms with Gasteiger partial charge in [0.1, 0.15) is 0 Å². The minimum atomic E-state index is -7.55. The largest absolute Gasteiger partial charge is 0.872 e. The molecule has 0 aliphatic heterocycles. The maximum absolute atomic E-state index is 14.3. The van der Waals surface area contributed by atoms with E-state index in [0.29, 0.717) is 0 Å². The quantitative estimate of drug-likeness (QED) is 0.264. The van der Waals surface area contributed by atoms with Crippen LogP contribution in [-0.4, -0.2) is 53.5 Å². The highest BCUT2D eigenvalue weighted by Crippen LogP contribution is 2.67. The Morgan fingerprint density at radius 2 is 1.17 bits per heavy atom. The molecule has 22 heteroatoms. The number of carbonyl (C=O) groups excluding carboxylic acids is 1. The van der Waals surface area contributed by atoms with Crippen LogP contribution < -0.4 is 5.11 Å². The molecular formula is C20H5F19NO2-. The van der Waals surface area contributed by atoms with Crippen LogP contribution in [-0.2, 0) is 17.4 Å². The molecule has 0 bridgehead atoms. The first-order chi connectivity index (χ1) is 18.4. The molecule has 0 spiro atoms. The maximum Gasteiger partial charge on any atom is 0.438 e. The Morgan fingerprint density at radius 1 is 0.738 bits per heavy atom. The number of rotatable bonds is 3. The smallest absolute Gasteiger partial charge is 0.438 e. The van der Waals surface area contributed by atoms with Gasteiger partial charge in [-0.05, 0) is 28.8 Å². The number of hydrogen-bond acceptors (Lipinski definition) is 3. The van der Waals surface area contributed by atoms with Crippen molar-refractivity contribution in [3.63, 3.8) is 0 Å². The van der Waals surface area contributed by atoms with Crippen molar-refractivity contribution >= 4 is 22.9 Å². The van der Waals surface area contributed by atoms with Gasteiger partial charge in [-0.2, -0.15) is 83.4 Å². The molecular weight excluding hydrogens is 647 g/mol. The fourth-order valence-electron chi connectivity index (χ4n) is 4.04. The summed E-state index contributed by atoms with van der Waals surface area (Å²) in [6.45, 7) is 0. The lowest BCUT2D eigenvalue weighted by atomic mass is 9.71. The van der Waals surface area contributed by atoms with Crippen molar-refractivity contribution in [2.75, 3.05) is 0 Å². The summed E-state index contributed by atoms with van der Waals surface area (Å²) in [5.74, 6) is -48.2. The molecule has 3 rings (SSSR count). The highest BCUT2D eigenvalue weighted by Gasteiger charge is 2.96. The van der Waals surface area contributed by atoms with Gasteiger partial charge in [-0.3, -0.25) is 4.79 Å². The highest BCUT2D eigenvalue weighted by atomic mass is 19.4. The van der Waals surface area contributed by atoms with E-state index in [1.807, 2.05) is 4.99 Å². The van der Waals surface area contributed by atoms with Gasteiger partial charge in [0.2, 0.25) is 5.71 Å². The molecule has 236 valence electrons. The molecule has 0 unspecified atom stereocenters. The van der Waals surface area contributed by atoms with Crippen molar-refractivity contribution in [1.29, 1.82) is 0 Å². The number of fused-ring (bicyclic) bond motifs is 1. The second-order valence-electron chi connectivity index (χ2n) is 8.73. The Kier molecular flexibility index (Phi) is 7.05. The third-order valence-corrected chi connectivity index (χ3v) is 6.11. The van der Waals surface area contributed by atoms with Crippen LogP contribution in [0, 0.1) is 5.92 Å². The molecule has 1 saturated carbocycles. The fourth-order valence-corrected chi connectivity index (χ4v) is 4.04. The van der Waals surface area contributed by atoms with Gasteiger partial charge in [-0.25, -0.2) is 4.99 Å². The molecule has 0 radical (unpaired) electrons. The molecule has 1 aromatic carbocycles. The van der Waals surface area contributed by atoms with Crippen molar-refractivity contribution in [3.05, 3.63) is 34.4 Å². The number of benzene rings is 1. The Morgan fingerprint density at radius 3 is 1.55 bits per heavy atom. The van der Waals surface area contributed by atoms with E-state index in [1.54, 1.807) is 0 Å². The predicted molar refractivity (Wildman–Crippen MR) is 94.5 cm³/mol. The first kappa shape index (κ1) is 33.3. The molecule has 1 fully saturated rings. The zero-order chi connectivity index (χ0) is 33.0. The summed E-state index contributed by atoms with van der Waals surface area (Å²) < 4.78 is 256. The number of nitrogens with zero attached hydrogens (tertiary/aromatic N) is 1. The number of ketones is 1. The van der Waals surface area contributed by atoms with Crippen molar-refractivity contribution in [2.24, 2.45) is 10.9 Å². The van der Waals surface area contributed by atoms with Gasteiger partial charge in [0.05, 0.1) is 11.3 Å². The van der Waals surface area contributed by atoms with Gasteiger partial charge in [0.15, 0.2) is 11.7 Å². The number of halogens is 19. The lowest BCUT2D eigenvalue weighted by Gasteiger charge is -2.49. The third kappa shape index (κ3) is 4.45. The Hall–Kier alpha value is -3.23. The maximum atomic E-state index is 14.3. The Balaban J connectivity index is 2.30. The minimum absolute atomic E-state index is 0.438. The van der Waals surface area contributed by atoms with Crippen molar-refractivity contribution in [3.8, 4) is 0 Å². The molecule has 1 aromatic rings. The second-order valence-corrected chi connectivity index (χ2v) is 8.73. The van der Waals surface area contributed by atoms with E-state index in [2.05, 4.69) is 0 Å². The molecule has 0 amide bonds. The summed E-state index contributed by atoms with van der Waals surface area (Å²) in [6, 6.07) is -1.03. The topological polar surface area (TPSA) is 52.5 Å². The van der Waals surface area contributed by atoms with Crippen molar-refractivity contribution in [1.82, 2.24) is 0 Å². The second kappa shape index (κ2) is 8.89. The first-order valence-electron chi connectivity index (χ1n) is 10.2. The summed E-state index contributed by atoms with van der Waals surface area (Å²) in [7, 11) is 0. The van der Waals surface area contributed by atoms with E-state index >= 15 is 0 Å².